The van der Waals surface area contributed by atoms with Crippen LogP contribution in [0.2, 0.25) is 0 Å². The molecule has 4 nitrogen and oxygen atoms in total. The summed E-state index contributed by atoms with van der Waals surface area (Å²) >= 11 is 0. The molecule has 0 saturated carbocycles. The number of hydrogen-bond acceptors (Lipinski definition) is 4. The standard InChI is InChI=1S/C13H15F3N2O2/c14-13(15,16)12(19)9-3-5-18(6-4-9)8-11-2-1-10(7-17)20-11/h1-2,9,12,19H,3-6,8H2. The summed E-state index contributed by atoms with van der Waals surface area (Å²) in [5.41, 5.74) is 0. The van der Waals surface area contributed by atoms with Gasteiger partial charge in [0, 0.05) is 0 Å². The highest BCUT2D eigenvalue weighted by molar-refractivity contribution is 5.19. The second-order valence-electron chi connectivity index (χ2n) is 4.98. The van der Waals surface area contributed by atoms with Gasteiger partial charge in [0.2, 0.25) is 5.76 Å². The average molecular weight is 288 g/mol. The number of hydrogen-bond donors (Lipinski definition) is 1. The van der Waals surface area contributed by atoms with Gasteiger partial charge in [-0.15, -0.1) is 0 Å². The maximum absolute atomic E-state index is 12.4. The Balaban J connectivity index is 1.84. The largest absolute Gasteiger partial charge is 0.449 e. The Morgan fingerprint density at radius 3 is 2.55 bits per heavy atom. The SMILES string of the molecule is N#Cc1ccc(CN2CCC(C(O)C(F)(F)F)CC2)o1. The lowest BCUT2D eigenvalue weighted by atomic mass is 9.91. The molecule has 1 saturated heterocycles. The van der Waals surface area contributed by atoms with Gasteiger partial charge in [-0.3, -0.25) is 4.90 Å². The first-order valence-electron chi connectivity index (χ1n) is 6.36. The fourth-order valence-electron chi connectivity index (χ4n) is 2.44. The van der Waals surface area contributed by atoms with Crippen LogP contribution in [0.15, 0.2) is 16.5 Å². The summed E-state index contributed by atoms with van der Waals surface area (Å²) < 4.78 is 42.5. The number of aliphatic hydroxyl groups excluding tert-OH is 1. The lowest BCUT2D eigenvalue weighted by Crippen LogP contribution is -2.43. The summed E-state index contributed by atoms with van der Waals surface area (Å²) in [6, 6.07) is 5.13. The monoisotopic (exact) mass is 288 g/mol. The summed E-state index contributed by atoms with van der Waals surface area (Å²) in [5, 5.41) is 17.9. The maximum Gasteiger partial charge on any atom is 0.414 e. The molecule has 1 aromatic heterocycles. The molecule has 0 bridgehead atoms. The number of halogens is 3. The Labute approximate surface area is 114 Å². The summed E-state index contributed by atoms with van der Waals surface area (Å²) in [4.78, 5) is 1.96. The highest BCUT2D eigenvalue weighted by atomic mass is 19.4. The van der Waals surface area contributed by atoms with Crippen molar-refractivity contribution >= 4 is 0 Å². The molecule has 2 rings (SSSR count). The fraction of sp³-hybridized carbons (Fsp3) is 0.615. The summed E-state index contributed by atoms with van der Waals surface area (Å²) in [7, 11) is 0. The van der Waals surface area contributed by atoms with Crippen molar-refractivity contribution in [1.82, 2.24) is 4.90 Å². The van der Waals surface area contributed by atoms with Gasteiger partial charge in [0.05, 0.1) is 6.54 Å². The van der Waals surface area contributed by atoms with E-state index in [1.165, 1.54) is 0 Å². The molecule has 0 aromatic carbocycles. The van der Waals surface area contributed by atoms with Crippen molar-refractivity contribution in [3.05, 3.63) is 23.7 Å². The van der Waals surface area contributed by atoms with Crippen LogP contribution in [0.5, 0.6) is 0 Å². The zero-order chi connectivity index (χ0) is 14.8. The van der Waals surface area contributed by atoms with Crippen molar-refractivity contribution in [2.75, 3.05) is 13.1 Å². The van der Waals surface area contributed by atoms with Crippen molar-refractivity contribution in [2.24, 2.45) is 5.92 Å². The Kier molecular flexibility index (Phi) is 4.35. The maximum atomic E-state index is 12.4. The molecule has 1 fully saturated rings. The van der Waals surface area contributed by atoms with Crippen LogP contribution in [0, 0.1) is 17.2 Å². The first-order chi connectivity index (χ1) is 9.40. The average Bonchev–Trinajstić information content (AvgIpc) is 2.85. The van der Waals surface area contributed by atoms with Crippen molar-refractivity contribution in [1.29, 1.82) is 5.26 Å². The smallest absolute Gasteiger partial charge is 0.414 e. The molecule has 110 valence electrons. The first-order valence-corrected chi connectivity index (χ1v) is 6.36. The highest BCUT2D eigenvalue weighted by Gasteiger charge is 2.44. The van der Waals surface area contributed by atoms with E-state index in [0.29, 0.717) is 38.2 Å². The Hall–Kier alpha value is -1.52. The quantitative estimate of drug-likeness (QED) is 0.927. The topological polar surface area (TPSA) is 60.4 Å². The minimum atomic E-state index is -4.55. The van der Waals surface area contributed by atoms with Crippen LogP contribution in [0.3, 0.4) is 0 Å². The van der Waals surface area contributed by atoms with Crippen LogP contribution in [-0.4, -0.2) is 35.4 Å². The van der Waals surface area contributed by atoms with Crippen molar-refractivity contribution in [3.8, 4) is 6.07 Å². The lowest BCUT2D eigenvalue weighted by Gasteiger charge is -2.34. The predicted molar refractivity (Wildman–Crippen MR) is 63.5 cm³/mol. The molecule has 1 aliphatic rings. The molecule has 1 aromatic rings. The third-order valence-electron chi connectivity index (χ3n) is 3.57. The third kappa shape index (κ3) is 3.52. The van der Waals surface area contributed by atoms with E-state index >= 15 is 0 Å². The zero-order valence-corrected chi connectivity index (χ0v) is 10.7. The van der Waals surface area contributed by atoms with Crippen LogP contribution < -0.4 is 0 Å². The van der Waals surface area contributed by atoms with Gasteiger partial charge in [0.15, 0.2) is 6.10 Å². The van der Waals surface area contributed by atoms with Crippen LogP contribution in [0.25, 0.3) is 0 Å². The van der Waals surface area contributed by atoms with E-state index < -0.39 is 18.2 Å². The van der Waals surface area contributed by atoms with Crippen molar-refractivity contribution in [2.45, 2.75) is 31.7 Å². The van der Waals surface area contributed by atoms with E-state index in [4.69, 9.17) is 9.68 Å². The number of likely N-dealkylation sites (tertiary alicyclic amines) is 1. The van der Waals surface area contributed by atoms with Gasteiger partial charge in [0.25, 0.3) is 0 Å². The Bertz CT molecular complexity index is 485. The van der Waals surface area contributed by atoms with Gasteiger partial charge >= 0.3 is 6.18 Å². The van der Waals surface area contributed by atoms with Gasteiger partial charge in [-0.05, 0) is 44.0 Å². The predicted octanol–water partition coefficient (Wildman–Crippen LogP) is 2.29. The summed E-state index contributed by atoms with van der Waals surface area (Å²) in [6.07, 6.45) is -6.19. The van der Waals surface area contributed by atoms with E-state index in [0.717, 1.165) is 0 Å². The van der Waals surface area contributed by atoms with Gasteiger partial charge in [-0.2, -0.15) is 18.4 Å². The number of nitriles is 1. The lowest BCUT2D eigenvalue weighted by molar-refractivity contribution is -0.223. The van der Waals surface area contributed by atoms with Crippen LogP contribution >= 0.6 is 0 Å². The van der Waals surface area contributed by atoms with Gasteiger partial charge < -0.3 is 9.52 Å². The van der Waals surface area contributed by atoms with Crippen LogP contribution in [0.1, 0.15) is 24.4 Å². The van der Waals surface area contributed by atoms with E-state index in [9.17, 15) is 18.3 Å². The number of piperidine rings is 1. The molecule has 20 heavy (non-hydrogen) atoms. The molecule has 0 aliphatic carbocycles. The second kappa shape index (κ2) is 5.85. The molecule has 1 N–H and O–H groups in total. The fourth-order valence-corrected chi connectivity index (χ4v) is 2.44. The normalized spacial score (nSPS) is 19.8. The summed E-state index contributed by atoms with van der Waals surface area (Å²) in [6.45, 7) is 1.41. The molecule has 0 amide bonds. The van der Waals surface area contributed by atoms with Gasteiger partial charge in [-0.1, -0.05) is 0 Å². The molecule has 1 aliphatic heterocycles. The van der Waals surface area contributed by atoms with Crippen molar-refractivity contribution < 1.29 is 22.7 Å². The summed E-state index contributed by atoms with van der Waals surface area (Å²) in [5.74, 6) is 0.108. The molecule has 0 spiro atoms. The van der Waals surface area contributed by atoms with Crippen LogP contribution in [0.4, 0.5) is 13.2 Å². The number of nitrogens with zero attached hydrogens (tertiary/aromatic N) is 2. The van der Waals surface area contributed by atoms with E-state index in [1.807, 2.05) is 11.0 Å². The Morgan fingerprint density at radius 1 is 1.40 bits per heavy atom. The molecule has 0 radical (unpaired) electrons. The number of alkyl halides is 3. The van der Waals surface area contributed by atoms with E-state index in [2.05, 4.69) is 0 Å². The first kappa shape index (κ1) is 14.9. The molecular weight excluding hydrogens is 273 g/mol. The molecule has 7 heteroatoms. The number of furan rings is 1. The molecule has 1 unspecified atom stereocenters. The zero-order valence-electron chi connectivity index (χ0n) is 10.7. The molecule has 2 heterocycles. The Morgan fingerprint density at radius 2 is 2.05 bits per heavy atom. The third-order valence-corrected chi connectivity index (χ3v) is 3.57. The van der Waals surface area contributed by atoms with E-state index in [-0.39, 0.29) is 5.76 Å². The van der Waals surface area contributed by atoms with Gasteiger partial charge in [-0.25, -0.2) is 0 Å². The molecular formula is C13H15F3N2O2. The second-order valence-corrected chi connectivity index (χ2v) is 4.98. The molecule has 1 atom stereocenters. The van der Waals surface area contributed by atoms with E-state index in [1.54, 1.807) is 12.1 Å². The highest BCUT2D eigenvalue weighted by Crippen LogP contribution is 2.31. The minimum Gasteiger partial charge on any atom is -0.449 e. The number of aliphatic hydroxyl groups is 1. The minimum absolute atomic E-state index is 0.224. The van der Waals surface area contributed by atoms with Crippen molar-refractivity contribution in [3.63, 3.8) is 0 Å². The van der Waals surface area contributed by atoms with Gasteiger partial charge in [0.1, 0.15) is 11.8 Å². The number of rotatable bonds is 3. The van der Waals surface area contributed by atoms with Crippen LogP contribution in [-0.2, 0) is 6.54 Å².